The lowest BCUT2D eigenvalue weighted by molar-refractivity contribution is -0.137. The summed E-state index contributed by atoms with van der Waals surface area (Å²) < 4.78 is 5.46. The van der Waals surface area contributed by atoms with Crippen LogP contribution in [0.2, 0.25) is 0 Å². The lowest BCUT2D eigenvalue weighted by Crippen LogP contribution is -2.38. The van der Waals surface area contributed by atoms with Crippen LogP contribution in [-0.2, 0) is 4.79 Å². The predicted molar refractivity (Wildman–Crippen MR) is 116 cm³/mol. The van der Waals surface area contributed by atoms with E-state index in [4.69, 9.17) is 9.84 Å². The van der Waals surface area contributed by atoms with Gasteiger partial charge in [-0.25, -0.2) is 0 Å². The molecule has 0 aliphatic carbocycles. The van der Waals surface area contributed by atoms with E-state index in [2.05, 4.69) is 0 Å². The number of ether oxygens (including phenoxy) is 1. The standard InChI is InChI=1S/C25H25NO4/c27-24(28)14-17-30-21-10-8-18(9-11-21)19-12-15-26(16-13-19)25(29)23-7-3-5-20-4-1-2-6-22(20)23/h1-11,19H,12-17H2,(H,27,28). The van der Waals surface area contributed by atoms with Gasteiger partial charge in [-0.15, -0.1) is 0 Å². The van der Waals surface area contributed by atoms with E-state index in [-0.39, 0.29) is 18.9 Å². The molecule has 0 radical (unpaired) electrons. The molecule has 0 atom stereocenters. The van der Waals surface area contributed by atoms with Crippen LogP contribution in [0.25, 0.3) is 10.8 Å². The van der Waals surface area contributed by atoms with Gasteiger partial charge in [0.1, 0.15) is 5.75 Å². The van der Waals surface area contributed by atoms with Crippen molar-refractivity contribution in [3.05, 3.63) is 77.9 Å². The molecule has 1 saturated heterocycles. The van der Waals surface area contributed by atoms with Crippen LogP contribution in [-0.4, -0.2) is 41.6 Å². The first-order valence-corrected chi connectivity index (χ1v) is 10.3. The molecule has 30 heavy (non-hydrogen) atoms. The number of hydrogen-bond acceptors (Lipinski definition) is 3. The predicted octanol–water partition coefficient (Wildman–Crippen LogP) is 4.71. The van der Waals surface area contributed by atoms with E-state index in [9.17, 15) is 9.59 Å². The van der Waals surface area contributed by atoms with Crippen molar-refractivity contribution in [1.29, 1.82) is 0 Å². The maximum atomic E-state index is 13.1. The van der Waals surface area contributed by atoms with Crippen molar-refractivity contribution in [3.8, 4) is 5.75 Å². The molecule has 5 nitrogen and oxygen atoms in total. The Balaban J connectivity index is 1.36. The van der Waals surface area contributed by atoms with E-state index in [1.807, 2.05) is 71.6 Å². The molecule has 1 N–H and O–H groups in total. The molecule has 4 rings (SSSR count). The number of benzene rings is 3. The average molecular weight is 403 g/mol. The molecule has 1 aliphatic heterocycles. The van der Waals surface area contributed by atoms with Crippen molar-refractivity contribution >= 4 is 22.6 Å². The van der Waals surface area contributed by atoms with Crippen LogP contribution in [0.1, 0.15) is 41.1 Å². The Morgan fingerprint density at radius 2 is 1.63 bits per heavy atom. The van der Waals surface area contributed by atoms with Crippen LogP contribution in [0.5, 0.6) is 5.75 Å². The summed E-state index contributed by atoms with van der Waals surface area (Å²) in [5.74, 6) is 0.335. The Labute approximate surface area is 175 Å². The Morgan fingerprint density at radius 3 is 2.37 bits per heavy atom. The SMILES string of the molecule is O=C(O)CCOc1ccc(C2CCN(C(=O)c3cccc4ccccc34)CC2)cc1. The second-order valence-electron chi connectivity index (χ2n) is 7.65. The highest BCUT2D eigenvalue weighted by Gasteiger charge is 2.25. The molecular formula is C25H25NO4. The molecule has 0 aromatic heterocycles. The van der Waals surface area contributed by atoms with Gasteiger partial charge < -0.3 is 14.7 Å². The number of carbonyl (C=O) groups excluding carboxylic acids is 1. The number of fused-ring (bicyclic) bond motifs is 1. The van der Waals surface area contributed by atoms with E-state index in [0.717, 1.165) is 42.3 Å². The zero-order valence-corrected chi connectivity index (χ0v) is 16.8. The zero-order valence-electron chi connectivity index (χ0n) is 16.8. The Bertz CT molecular complexity index is 1030. The second kappa shape index (κ2) is 8.99. The first kappa shape index (κ1) is 20.0. The third kappa shape index (κ3) is 4.46. The molecule has 0 bridgehead atoms. The molecule has 0 saturated carbocycles. The van der Waals surface area contributed by atoms with Gasteiger partial charge in [0.05, 0.1) is 13.0 Å². The van der Waals surface area contributed by atoms with Crippen LogP contribution in [0.4, 0.5) is 0 Å². The normalized spacial score (nSPS) is 14.6. The number of amides is 1. The van der Waals surface area contributed by atoms with E-state index in [1.165, 1.54) is 5.56 Å². The van der Waals surface area contributed by atoms with Crippen molar-refractivity contribution in [2.24, 2.45) is 0 Å². The van der Waals surface area contributed by atoms with Crippen molar-refractivity contribution in [1.82, 2.24) is 4.90 Å². The van der Waals surface area contributed by atoms with Gasteiger partial charge >= 0.3 is 5.97 Å². The molecule has 0 unspecified atom stereocenters. The summed E-state index contributed by atoms with van der Waals surface area (Å²) in [5, 5.41) is 10.8. The number of aliphatic carboxylic acids is 1. The molecular weight excluding hydrogens is 378 g/mol. The van der Waals surface area contributed by atoms with Crippen molar-refractivity contribution in [2.75, 3.05) is 19.7 Å². The summed E-state index contributed by atoms with van der Waals surface area (Å²) in [4.78, 5) is 25.6. The Kier molecular flexibility index (Phi) is 5.98. The molecule has 1 fully saturated rings. The minimum absolute atomic E-state index is 0.00899. The lowest BCUT2D eigenvalue weighted by Gasteiger charge is -2.32. The van der Waals surface area contributed by atoms with Gasteiger partial charge in [0.25, 0.3) is 5.91 Å². The topological polar surface area (TPSA) is 66.8 Å². The van der Waals surface area contributed by atoms with Gasteiger partial charge in [-0.05, 0) is 53.3 Å². The zero-order chi connectivity index (χ0) is 20.9. The van der Waals surface area contributed by atoms with Crippen molar-refractivity contribution < 1.29 is 19.4 Å². The molecule has 154 valence electrons. The summed E-state index contributed by atoms with van der Waals surface area (Å²) in [7, 11) is 0. The fourth-order valence-corrected chi connectivity index (χ4v) is 4.09. The van der Waals surface area contributed by atoms with Gasteiger partial charge in [0.2, 0.25) is 0 Å². The maximum absolute atomic E-state index is 13.1. The number of nitrogens with zero attached hydrogens (tertiary/aromatic N) is 1. The van der Waals surface area contributed by atoms with Crippen LogP contribution in [0, 0.1) is 0 Å². The summed E-state index contributed by atoms with van der Waals surface area (Å²) in [6.07, 6.45) is 1.84. The highest BCUT2D eigenvalue weighted by molar-refractivity contribution is 6.07. The average Bonchev–Trinajstić information content (AvgIpc) is 2.78. The molecule has 1 aliphatic rings. The fourth-order valence-electron chi connectivity index (χ4n) is 4.09. The van der Waals surface area contributed by atoms with E-state index in [1.54, 1.807) is 0 Å². The number of piperidine rings is 1. The number of carboxylic acid groups (broad SMARTS) is 1. The first-order chi connectivity index (χ1) is 14.6. The minimum atomic E-state index is -0.864. The van der Waals surface area contributed by atoms with Gasteiger partial charge in [0, 0.05) is 18.7 Å². The number of carboxylic acids is 1. The monoisotopic (exact) mass is 403 g/mol. The number of carbonyl (C=O) groups is 2. The molecule has 3 aromatic rings. The number of rotatable bonds is 6. The van der Waals surface area contributed by atoms with Gasteiger partial charge in [-0.3, -0.25) is 9.59 Å². The molecule has 0 spiro atoms. The largest absolute Gasteiger partial charge is 0.493 e. The highest BCUT2D eigenvalue weighted by Crippen LogP contribution is 2.30. The number of hydrogen-bond donors (Lipinski definition) is 1. The molecule has 5 heteroatoms. The van der Waals surface area contributed by atoms with Crippen molar-refractivity contribution in [3.63, 3.8) is 0 Å². The molecule has 1 amide bonds. The minimum Gasteiger partial charge on any atom is -0.493 e. The summed E-state index contributed by atoms with van der Waals surface area (Å²) in [5.41, 5.74) is 2.01. The third-order valence-corrected chi connectivity index (χ3v) is 5.74. The van der Waals surface area contributed by atoms with Gasteiger partial charge in [0.15, 0.2) is 0 Å². The van der Waals surface area contributed by atoms with Crippen molar-refractivity contribution in [2.45, 2.75) is 25.2 Å². The van der Waals surface area contributed by atoms with Crippen LogP contribution in [0.3, 0.4) is 0 Å². The highest BCUT2D eigenvalue weighted by atomic mass is 16.5. The number of likely N-dealkylation sites (tertiary alicyclic amines) is 1. The quantitative estimate of drug-likeness (QED) is 0.647. The van der Waals surface area contributed by atoms with Gasteiger partial charge in [-0.1, -0.05) is 48.5 Å². The van der Waals surface area contributed by atoms with Crippen LogP contribution >= 0.6 is 0 Å². The maximum Gasteiger partial charge on any atom is 0.306 e. The van der Waals surface area contributed by atoms with E-state index >= 15 is 0 Å². The Morgan fingerprint density at radius 1 is 0.933 bits per heavy atom. The second-order valence-corrected chi connectivity index (χ2v) is 7.65. The Hall–Kier alpha value is -3.34. The molecule has 3 aromatic carbocycles. The summed E-state index contributed by atoms with van der Waals surface area (Å²) in [6, 6.07) is 21.8. The van der Waals surface area contributed by atoms with Crippen LogP contribution < -0.4 is 4.74 Å². The van der Waals surface area contributed by atoms with Gasteiger partial charge in [-0.2, -0.15) is 0 Å². The smallest absolute Gasteiger partial charge is 0.306 e. The summed E-state index contributed by atoms with van der Waals surface area (Å²) in [6.45, 7) is 1.65. The van der Waals surface area contributed by atoms with Crippen LogP contribution in [0.15, 0.2) is 66.7 Å². The summed E-state index contributed by atoms with van der Waals surface area (Å²) >= 11 is 0. The first-order valence-electron chi connectivity index (χ1n) is 10.3. The fraction of sp³-hybridized carbons (Fsp3) is 0.280. The van der Waals surface area contributed by atoms with E-state index < -0.39 is 5.97 Å². The lowest BCUT2D eigenvalue weighted by atomic mass is 9.89. The third-order valence-electron chi connectivity index (χ3n) is 5.74. The molecule has 1 heterocycles. The van der Waals surface area contributed by atoms with E-state index in [0.29, 0.717) is 11.7 Å².